The molecule has 1 aliphatic rings. The second-order valence-corrected chi connectivity index (χ2v) is 6.80. The first-order chi connectivity index (χ1) is 9.41. The van der Waals surface area contributed by atoms with Crippen LogP contribution < -0.4 is 10.2 Å². The van der Waals surface area contributed by atoms with Gasteiger partial charge in [-0.3, -0.25) is 4.79 Å². The lowest BCUT2D eigenvalue weighted by Gasteiger charge is -2.29. The van der Waals surface area contributed by atoms with Crippen LogP contribution in [0.5, 0.6) is 0 Å². The molecular weight excluding hydrogens is 283 g/mol. The molecule has 0 bridgehead atoms. The van der Waals surface area contributed by atoms with Gasteiger partial charge in [0.1, 0.15) is 5.82 Å². The third-order valence-electron chi connectivity index (χ3n) is 3.08. The molecular formula is C13H15FN2O3S. The number of sulfone groups is 1. The van der Waals surface area contributed by atoms with E-state index in [1.165, 1.54) is 18.2 Å². The Morgan fingerprint density at radius 1 is 1.35 bits per heavy atom. The van der Waals surface area contributed by atoms with Gasteiger partial charge < -0.3 is 10.2 Å². The minimum atomic E-state index is -3.02. The molecule has 7 heteroatoms. The van der Waals surface area contributed by atoms with Crippen molar-refractivity contribution < 1.29 is 17.6 Å². The van der Waals surface area contributed by atoms with E-state index in [1.54, 1.807) is 4.90 Å². The molecule has 0 saturated carbocycles. The van der Waals surface area contributed by atoms with E-state index in [4.69, 9.17) is 0 Å². The predicted octanol–water partition coefficient (Wildman–Crippen LogP) is 1.19. The second kappa shape index (κ2) is 5.62. The summed E-state index contributed by atoms with van der Waals surface area (Å²) in [6, 6.07) is 4.19. The number of hydrogen-bond donors (Lipinski definition) is 1. The van der Waals surface area contributed by atoms with Crippen molar-refractivity contribution in [2.24, 2.45) is 0 Å². The SMILES string of the molecule is C=CC(=O)Nc1ccc(F)c(N2CCS(=O)(=O)CC2)c1. The monoisotopic (exact) mass is 298 g/mol. The van der Waals surface area contributed by atoms with E-state index in [9.17, 15) is 17.6 Å². The summed E-state index contributed by atoms with van der Waals surface area (Å²) in [6.45, 7) is 3.84. The average molecular weight is 298 g/mol. The van der Waals surface area contributed by atoms with Gasteiger partial charge in [-0.2, -0.15) is 0 Å². The van der Waals surface area contributed by atoms with Crippen LogP contribution in [0.1, 0.15) is 0 Å². The van der Waals surface area contributed by atoms with Crippen molar-refractivity contribution in [3.8, 4) is 0 Å². The van der Waals surface area contributed by atoms with E-state index in [-0.39, 0.29) is 30.5 Å². The quantitative estimate of drug-likeness (QED) is 0.851. The Morgan fingerprint density at radius 3 is 2.60 bits per heavy atom. The lowest BCUT2D eigenvalue weighted by Crippen LogP contribution is -2.40. The summed E-state index contributed by atoms with van der Waals surface area (Å²) >= 11 is 0. The van der Waals surface area contributed by atoms with Crippen molar-refractivity contribution in [1.29, 1.82) is 0 Å². The largest absolute Gasteiger partial charge is 0.367 e. The predicted molar refractivity (Wildman–Crippen MR) is 76.1 cm³/mol. The number of carbonyl (C=O) groups excluding carboxylic acids is 1. The number of halogens is 1. The molecule has 5 nitrogen and oxygen atoms in total. The summed E-state index contributed by atoms with van der Waals surface area (Å²) in [7, 11) is -3.02. The first-order valence-corrected chi connectivity index (χ1v) is 7.92. The molecule has 0 spiro atoms. The fourth-order valence-corrected chi connectivity index (χ4v) is 3.18. The van der Waals surface area contributed by atoms with Crippen molar-refractivity contribution in [3.63, 3.8) is 0 Å². The standard InChI is InChI=1S/C13H15FN2O3S/c1-2-13(17)15-10-3-4-11(14)12(9-10)16-5-7-20(18,19)8-6-16/h2-4,9H,1,5-8H2,(H,15,17). The molecule has 0 radical (unpaired) electrons. The normalized spacial score (nSPS) is 17.6. The highest BCUT2D eigenvalue weighted by Crippen LogP contribution is 2.25. The van der Waals surface area contributed by atoms with E-state index < -0.39 is 15.7 Å². The van der Waals surface area contributed by atoms with Crippen LogP contribution in [0.25, 0.3) is 0 Å². The molecule has 1 aliphatic heterocycles. The number of amides is 1. The molecule has 1 aromatic carbocycles. The molecule has 1 amide bonds. The number of benzene rings is 1. The Labute approximate surface area is 117 Å². The van der Waals surface area contributed by atoms with Crippen molar-refractivity contribution in [3.05, 3.63) is 36.7 Å². The van der Waals surface area contributed by atoms with Gasteiger partial charge >= 0.3 is 0 Å². The van der Waals surface area contributed by atoms with Crippen LogP contribution >= 0.6 is 0 Å². The molecule has 1 heterocycles. The van der Waals surface area contributed by atoms with Gasteiger partial charge in [0.25, 0.3) is 0 Å². The molecule has 0 aromatic heterocycles. The van der Waals surface area contributed by atoms with Crippen LogP contribution in [-0.2, 0) is 14.6 Å². The van der Waals surface area contributed by atoms with E-state index in [2.05, 4.69) is 11.9 Å². The van der Waals surface area contributed by atoms with Gasteiger partial charge in [0.05, 0.1) is 17.2 Å². The molecule has 108 valence electrons. The molecule has 0 atom stereocenters. The topological polar surface area (TPSA) is 66.5 Å². The maximum absolute atomic E-state index is 13.8. The van der Waals surface area contributed by atoms with E-state index >= 15 is 0 Å². The Kier molecular flexibility index (Phi) is 4.08. The highest BCUT2D eigenvalue weighted by Gasteiger charge is 2.23. The van der Waals surface area contributed by atoms with Crippen molar-refractivity contribution in [1.82, 2.24) is 0 Å². The number of carbonyl (C=O) groups is 1. The highest BCUT2D eigenvalue weighted by molar-refractivity contribution is 7.91. The Bertz CT molecular complexity index is 629. The molecule has 1 fully saturated rings. The number of anilines is 2. The van der Waals surface area contributed by atoms with Gasteiger partial charge in [0.2, 0.25) is 5.91 Å². The van der Waals surface area contributed by atoms with E-state index in [0.717, 1.165) is 6.08 Å². The van der Waals surface area contributed by atoms with Gasteiger partial charge in [-0.1, -0.05) is 6.58 Å². The summed E-state index contributed by atoms with van der Waals surface area (Å²) in [5.74, 6) is -0.810. The van der Waals surface area contributed by atoms with Crippen LogP contribution in [-0.4, -0.2) is 38.9 Å². The summed E-state index contributed by atoms with van der Waals surface area (Å²) in [6.07, 6.45) is 1.12. The molecule has 2 rings (SSSR count). The first kappa shape index (κ1) is 14.5. The van der Waals surface area contributed by atoms with Gasteiger partial charge in [-0.25, -0.2) is 12.8 Å². The van der Waals surface area contributed by atoms with Gasteiger partial charge in [0, 0.05) is 18.8 Å². The Balaban J connectivity index is 2.21. The highest BCUT2D eigenvalue weighted by atomic mass is 32.2. The molecule has 1 saturated heterocycles. The molecule has 0 unspecified atom stereocenters. The minimum absolute atomic E-state index is 0.00961. The molecule has 1 aromatic rings. The average Bonchev–Trinajstić information content (AvgIpc) is 2.41. The van der Waals surface area contributed by atoms with Crippen LogP contribution in [0.2, 0.25) is 0 Å². The second-order valence-electron chi connectivity index (χ2n) is 4.50. The number of rotatable bonds is 3. The lowest BCUT2D eigenvalue weighted by molar-refractivity contribution is -0.111. The maximum Gasteiger partial charge on any atom is 0.247 e. The lowest BCUT2D eigenvalue weighted by atomic mass is 10.2. The zero-order valence-corrected chi connectivity index (χ0v) is 11.6. The first-order valence-electron chi connectivity index (χ1n) is 6.09. The molecule has 1 N–H and O–H groups in total. The third-order valence-corrected chi connectivity index (χ3v) is 4.69. The zero-order valence-electron chi connectivity index (χ0n) is 10.8. The Hall–Kier alpha value is -1.89. The van der Waals surface area contributed by atoms with Gasteiger partial charge in [0.15, 0.2) is 9.84 Å². The summed E-state index contributed by atoms with van der Waals surface area (Å²) in [5, 5.41) is 2.55. The van der Waals surface area contributed by atoms with Crippen LogP contribution in [0.4, 0.5) is 15.8 Å². The van der Waals surface area contributed by atoms with E-state index in [1.807, 2.05) is 0 Å². The van der Waals surface area contributed by atoms with Crippen LogP contribution in [0, 0.1) is 5.82 Å². The van der Waals surface area contributed by atoms with Crippen LogP contribution in [0.15, 0.2) is 30.9 Å². The van der Waals surface area contributed by atoms with Gasteiger partial charge in [-0.15, -0.1) is 0 Å². The third kappa shape index (κ3) is 3.36. The maximum atomic E-state index is 13.8. The summed E-state index contributed by atoms with van der Waals surface area (Å²) in [5.41, 5.74) is 0.737. The smallest absolute Gasteiger partial charge is 0.247 e. The van der Waals surface area contributed by atoms with Gasteiger partial charge in [-0.05, 0) is 24.3 Å². The molecule has 20 heavy (non-hydrogen) atoms. The molecule has 0 aliphatic carbocycles. The Morgan fingerprint density at radius 2 is 2.00 bits per heavy atom. The van der Waals surface area contributed by atoms with Crippen molar-refractivity contribution in [2.45, 2.75) is 0 Å². The minimum Gasteiger partial charge on any atom is -0.367 e. The van der Waals surface area contributed by atoms with Crippen LogP contribution in [0.3, 0.4) is 0 Å². The summed E-state index contributed by atoms with van der Waals surface area (Å²) < 4.78 is 36.6. The fraction of sp³-hybridized carbons (Fsp3) is 0.308. The van der Waals surface area contributed by atoms with Crippen molar-refractivity contribution in [2.75, 3.05) is 34.8 Å². The number of hydrogen-bond acceptors (Lipinski definition) is 4. The number of nitrogens with zero attached hydrogens (tertiary/aromatic N) is 1. The fourth-order valence-electron chi connectivity index (χ4n) is 1.98. The number of nitrogens with one attached hydrogen (secondary N) is 1. The van der Waals surface area contributed by atoms with E-state index in [0.29, 0.717) is 11.4 Å². The summed E-state index contributed by atoms with van der Waals surface area (Å²) in [4.78, 5) is 12.9. The van der Waals surface area contributed by atoms with Crippen molar-refractivity contribution >= 4 is 27.1 Å². The zero-order chi connectivity index (χ0) is 14.8.